The average molecular weight is 413 g/mol. The van der Waals surface area contributed by atoms with E-state index in [0.29, 0.717) is 17.7 Å². The monoisotopic (exact) mass is 412 g/mol. The van der Waals surface area contributed by atoms with Crippen molar-refractivity contribution in [2.24, 2.45) is 0 Å². The zero-order valence-corrected chi connectivity index (χ0v) is 15.8. The van der Waals surface area contributed by atoms with Crippen molar-refractivity contribution in [3.8, 4) is 5.75 Å². The summed E-state index contributed by atoms with van der Waals surface area (Å²) >= 11 is 3.44. The molecule has 0 bridgehead atoms. The van der Waals surface area contributed by atoms with Crippen molar-refractivity contribution < 1.29 is 19.1 Å². The van der Waals surface area contributed by atoms with Gasteiger partial charge in [-0.05, 0) is 37.1 Å². The number of esters is 2. The van der Waals surface area contributed by atoms with Gasteiger partial charge in [-0.3, -0.25) is 4.79 Å². The third-order valence-corrected chi connectivity index (χ3v) is 5.64. The summed E-state index contributed by atoms with van der Waals surface area (Å²) < 4.78 is 11.8. The van der Waals surface area contributed by atoms with Crippen molar-refractivity contribution in [1.82, 2.24) is 0 Å². The van der Waals surface area contributed by atoms with Gasteiger partial charge in [0.15, 0.2) is 0 Å². The molecule has 0 fully saturated rings. The van der Waals surface area contributed by atoms with E-state index in [1.807, 2.05) is 48.5 Å². The summed E-state index contributed by atoms with van der Waals surface area (Å²) in [5.41, 5.74) is 0.936. The van der Waals surface area contributed by atoms with Gasteiger partial charge in [0.1, 0.15) is 11.2 Å². The largest absolute Gasteiger partial charge is 0.463 e. The van der Waals surface area contributed by atoms with Crippen molar-refractivity contribution in [2.75, 3.05) is 6.61 Å². The Balaban J connectivity index is 1.91. The molecule has 2 aromatic rings. The molecule has 0 saturated carbocycles. The summed E-state index contributed by atoms with van der Waals surface area (Å²) in [6.07, 6.45) is 2.40. The normalized spacial score (nSPS) is 23.5. The van der Waals surface area contributed by atoms with Crippen LogP contribution in [0.5, 0.6) is 5.75 Å². The third-order valence-electron chi connectivity index (χ3n) is 5.11. The summed E-state index contributed by atoms with van der Waals surface area (Å²) in [6.45, 7) is 2.01. The van der Waals surface area contributed by atoms with Crippen LogP contribution in [0.3, 0.4) is 0 Å². The molecule has 0 N–H and O–H groups in total. The number of rotatable bonds is 3. The Bertz CT molecular complexity index is 916. The molecule has 132 valence electrons. The highest BCUT2D eigenvalue weighted by atomic mass is 79.9. The van der Waals surface area contributed by atoms with E-state index in [9.17, 15) is 9.59 Å². The number of carbonyl (C=O) groups is 2. The second kappa shape index (κ2) is 6.40. The summed E-state index contributed by atoms with van der Waals surface area (Å²) in [5, 5.41) is 0. The Hall–Kier alpha value is -2.40. The van der Waals surface area contributed by atoms with Crippen LogP contribution in [0, 0.1) is 0 Å². The van der Waals surface area contributed by atoms with Crippen LogP contribution in [0.2, 0.25) is 0 Å². The zero-order valence-electron chi connectivity index (χ0n) is 14.2. The van der Waals surface area contributed by atoms with E-state index >= 15 is 0 Å². The van der Waals surface area contributed by atoms with Crippen LogP contribution in [0.1, 0.15) is 30.4 Å². The average Bonchev–Trinajstić information content (AvgIpc) is 3.17. The predicted molar refractivity (Wildman–Crippen MR) is 100.0 cm³/mol. The molecule has 2 aromatic carbocycles. The molecule has 1 spiro atoms. The Labute approximate surface area is 159 Å². The number of fused-ring (bicyclic) bond motifs is 2. The highest BCUT2D eigenvalue weighted by Gasteiger charge is 2.61. The lowest BCUT2D eigenvalue weighted by molar-refractivity contribution is -0.144. The highest BCUT2D eigenvalue weighted by molar-refractivity contribution is 9.10. The van der Waals surface area contributed by atoms with E-state index in [2.05, 4.69) is 15.9 Å². The van der Waals surface area contributed by atoms with E-state index in [-0.39, 0.29) is 12.5 Å². The molecule has 0 aromatic heterocycles. The number of ether oxygens (including phenoxy) is 2. The van der Waals surface area contributed by atoms with Gasteiger partial charge in [-0.1, -0.05) is 52.3 Å². The second-order valence-corrected chi connectivity index (χ2v) is 7.29. The first-order valence-electron chi connectivity index (χ1n) is 8.54. The molecule has 1 aliphatic carbocycles. The van der Waals surface area contributed by atoms with Crippen molar-refractivity contribution in [2.45, 2.75) is 24.7 Å². The minimum atomic E-state index is -1.16. The van der Waals surface area contributed by atoms with Crippen LogP contribution >= 0.6 is 15.9 Å². The van der Waals surface area contributed by atoms with E-state index in [1.54, 1.807) is 13.0 Å². The predicted octanol–water partition coefficient (Wildman–Crippen LogP) is 4.28. The van der Waals surface area contributed by atoms with Gasteiger partial charge in [0.05, 0.1) is 12.2 Å². The summed E-state index contributed by atoms with van der Waals surface area (Å²) in [4.78, 5) is 25.8. The number of carbonyl (C=O) groups excluding carboxylic acids is 2. The molecule has 4 nitrogen and oxygen atoms in total. The maximum Gasteiger partial charge on any atom is 0.335 e. The van der Waals surface area contributed by atoms with Gasteiger partial charge in [0.2, 0.25) is 0 Å². The van der Waals surface area contributed by atoms with Crippen molar-refractivity contribution in [3.63, 3.8) is 0 Å². The van der Waals surface area contributed by atoms with Gasteiger partial charge in [-0.2, -0.15) is 0 Å². The number of hydrogen-bond acceptors (Lipinski definition) is 4. The SMILES string of the molecule is CCOC(=O)C1=CC[C@H](c2ccc(Br)cc2)[C@@]12C(=O)Oc1ccccc12. The smallest absolute Gasteiger partial charge is 0.335 e. The Morgan fingerprint density at radius 1 is 1.23 bits per heavy atom. The zero-order chi connectivity index (χ0) is 18.3. The molecular formula is C21H17BrO4. The minimum absolute atomic E-state index is 0.217. The van der Waals surface area contributed by atoms with Gasteiger partial charge >= 0.3 is 11.9 Å². The molecular weight excluding hydrogens is 396 g/mol. The Morgan fingerprint density at radius 2 is 1.96 bits per heavy atom. The first-order valence-corrected chi connectivity index (χ1v) is 9.33. The van der Waals surface area contributed by atoms with Crippen LogP contribution in [0.25, 0.3) is 0 Å². The van der Waals surface area contributed by atoms with Crippen molar-refractivity contribution in [1.29, 1.82) is 0 Å². The van der Waals surface area contributed by atoms with Crippen molar-refractivity contribution >= 4 is 27.9 Å². The number of hydrogen-bond donors (Lipinski definition) is 0. The highest BCUT2D eigenvalue weighted by Crippen LogP contribution is 2.57. The molecule has 26 heavy (non-hydrogen) atoms. The Morgan fingerprint density at radius 3 is 2.69 bits per heavy atom. The van der Waals surface area contributed by atoms with Gasteiger partial charge in [0.25, 0.3) is 0 Å². The lowest BCUT2D eigenvalue weighted by Gasteiger charge is -2.31. The van der Waals surface area contributed by atoms with E-state index < -0.39 is 17.4 Å². The molecule has 0 unspecified atom stereocenters. The summed E-state index contributed by atoms with van der Waals surface area (Å²) in [7, 11) is 0. The summed E-state index contributed by atoms with van der Waals surface area (Å²) in [5.74, 6) is -0.577. The lowest BCUT2D eigenvalue weighted by atomic mass is 9.67. The number of halogens is 1. The summed E-state index contributed by atoms with van der Waals surface area (Å²) in [6, 6.07) is 15.2. The molecule has 0 amide bonds. The fraction of sp³-hybridized carbons (Fsp3) is 0.238. The number of para-hydroxylation sites is 1. The molecule has 1 heterocycles. The molecule has 0 radical (unpaired) electrons. The Kier molecular flexibility index (Phi) is 4.19. The first-order chi connectivity index (χ1) is 12.6. The maximum absolute atomic E-state index is 13.1. The van der Waals surface area contributed by atoms with Gasteiger partial charge < -0.3 is 9.47 Å². The minimum Gasteiger partial charge on any atom is -0.463 e. The topological polar surface area (TPSA) is 52.6 Å². The lowest BCUT2D eigenvalue weighted by Crippen LogP contribution is -2.41. The van der Waals surface area contributed by atoms with Gasteiger partial charge in [-0.15, -0.1) is 0 Å². The van der Waals surface area contributed by atoms with E-state index in [4.69, 9.17) is 9.47 Å². The molecule has 0 saturated heterocycles. The van der Waals surface area contributed by atoms with Gasteiger partial charge in [0, 0.05) is 16.0 Å². The molecule has 2 aliphatic rings. The number of benzene rings is 2. The molecule has 2 atom stereocenters. The number of allylic oxidation sites excluding steroid dienone is 1. The quantitative estimate of drug-likeness (QED) is 0.557. The second-order valence-electron chi connectivity index (χ2n) is 6.37. The standard InChI is InChI=1S/C21H17BrO4/c1-2-25-19(23)17-12-11-15(13-7-9-14(22)10-8-13)21(17)16-5-3-4-6-18(16)26-20(21)24/h3-10,12,15H,2,11H2,1H3/t15-,21+/m1/s1. The molecule has 1 aliphatic heterocycles. The fourth-order valence-corrected chi connectivity index (χ4v) is 4.32. The van der Waals surface area contributed by atoms with Crippen LogP contribution < -0.4 is 4.74 Å². The first kappa shape index (κ1) is 17.0. The van der Waals surface area contributed by atoms with E-state index in [0.717, 1.165) is 15.6 Å². The van der Waals surface area contributed by atoms with Crippen LogP contribution in [-0.2, 0) is 19.7 Å². The third kappa shape index (κ3) is 2.34. The van der Waals surface area contributed by atoms with E-state index in [1.165, 1.54) is 0 Å². The van der Waals surface area contributed by atoms with Crippen LogP contribution in [0.4, 0.5) is 0 Å². The van der Waals surface area contributed by atoms with Crippen LogP contribution in [0.15, 0.2) is 64.7 Å². The van der Waals surface area contributed by atoms with Gasteiger partial charge in [-0.25, -0.2) is 4.79 Å². The van der Waals surface area contributed by atoms with Crippen molar-refractivity contribution in [3.05, 3.63) is 75.8 Å². The molecule has 4 rings (SSSR count). The maximum atomic E-state index is 13.1. The fourth-order valence-electron chi connectivity index (χ4n) is 4.05. The van der Waals surface area contributed by atoms with Crippen LogP contribution in [-0.4, -0.2) is 18.5 Å². The molecule has 5 heteroatoms.